The first kappa shape index (κ1) is 12.1. The van der Waals surface area contributed by atoms with Gasteiger partial charge < -0.3 is 10.4 Å². The lowest BCUT2D eigenvalue weighted by molar-refractivity contribution is 0.477. The Kier molecular flexibility index (Phi) is 3.54. The van der Waals surface area contributed by atoms with Crippen molar-refractivity contribution in [2.45, 2.75) is 0 Å². The quantitative estimate of drug-likeness (QED) is 0.587. The number of nitrogens with one attached hydrogen (secondary N) is 2. The van der Waals surface area contributed by atoms with Crippen LogP contribution in [0.15, 0.2) is 28.9 Å². The van der Waals surface area contributed by atoms with Crippen molar-refractivity contribution in [2.24, 2.45) is 0 Å². The number of nitrogens with zero attached hydrogens (tertiary/aromatic N) is 4. The molecule has 0 saturated carbocycles. The van der Waals surface area contributed by atoms with Gasteiger partial charge >= 0.3 is 0 Å². The van der Waals surface area contributed by atoms with E-state index in [1.54, 1.807) is 12.1 Å². The Bertz CT molecular complexity index is 616. The Morgan fingerprint density at radius 1 is 1.56 bits per heavy atom. The molecule has 2 rings (SSSR count). The molecule has 0 atom stereocenters. The highest BCUT2D eigenvalue weighted by Crippen LogP contribution is 2.27. The maximum Gasteiger partial charge on any atom is 0.216 e. The molecule has 1 aromatic carbocycles. The molecule has 0 radical (unpaired) electrons. The zero-order chi connectivity index (χ0) is 13.0. The van der Waals surface area contributed by atoms with E-state index in [-0.39, 0.29) is 17.1 Å². The summed E-state index contributed by atoms with van der Waals surface area (Å²) in [5.74, 6) is 0.243. The van der Waals surface area contributed by atoms with Crippen LogP contribution in [0.3, 0.4) is 0 Å². The number of halogens is 1. The van der Waals surface area contributed by atoms with Gasteiger partial charge in [0, 0.05) is 10.7 Å². The number of tetrazole rings is 1. The van der Waals surface area contributed by atoms with E-state index in [2.05, 4.69) is 41.9 Å². The van der Waals surface area contributed by atoms with Gasteiger partial charge in [0.25, 0.3) is 0 Å². The van der Waals surface area contributed by atoms with Crippen LogP contribution < -0.4 is 5.32 Å². The van der Waals surface area contributed by atoms with Crippen molar-refractivity contribution in [2.75, 3.05) is 5.32 Å². The molecule has 3 N–H and O–H groups in total. The van der Waals surface area contributed by atoms with E-state index in [0.29, 0.717) is 5.69 Å². The minimum absolute atomic E-state index is 0.0611. The molecule has 0 spiro atoms. The molecule has 7 nitrogen and oxygen atoms in total. The number of hydrogen-bond donors (Lipinski definition) is 3. The highest BCUT2D eigenvalue weighted by atomic mass is 79.9. The van der Waals surface area contributed by atoms with Gasteiger partial charge in [-0.1, -0.05) is 15.9 Å². The number of rotatable bonds is 3. The number of aromatic hydroxyl groups is 1. The average Bonchev–Trinajstić information content (AvgIpc) is 2.86. The minimum Gasteiger partial charge on any atom is -0.506 e. The zero-order valence-electron chi connectivity index (χ0n) is 8.92. The lowest BCUT2D eigenvalue weighted by Crippen LogP contribution is -1.93. The van der Waals surface area contributed by atoms with E-state index in [0.717, 1.165) is 4.47 Å². The number of anilines is 1. The second-order valence-electron chi connectivity index (χ2n) is 3.21. The second kappa shape index (κ2) is 5.29. The summed E-state index contributed by atoms with van der Waals surface area (Å²) in [6.45, 7) is 0. The smallest absolute Gasteiger partial charge is 0.216 e. The van der Waals surface area contributed by atoms with Gasteiger partial charge in [0.2, 0.25) is 5.82 Å². The molecular weight excluding hydrogens is 300 g/mol. The number of phenols is 1. The average molecular weight is 307 g/mol. The van der Waals surface area contributed by atoms with Gasteiger partial charge in [-0.25, -0.2) is 0 Å². The number of H-pyrrole nitrogens is 1. The van der Waals surface area contributed by atoms with E-state index in [4.69, 9.17) is 5.26 Å². The maximum absolute atomic E-state index is 9.65. The van der Waals surface area contributed by atoms with Gasteiger partial charge in [0.05, 0.1) is 5.69 Å². The lowest BCUT2D eigenvalue weighted by atomic mass is 10.2. The zero-order valence-corrected chi connectivity index (χ0v) is 10.5. The van der Waals surface area contributed by atoms with Gasteiger partial charge in [0.15, 0.2) is 0 Å². The standard InChI is InChI=1S/C10H7BrN6O/c11-7-1-2-8(9(18)3-7)13-5-6(4-12)10-14-16-17-15-10/h1-3,5,13,18H,(H,14,15,16,17). The fourth-order valence-electron chi connectivity index (χ4n) is 1.20. The van der Waals surface area contributed by atoms with Gasteiger partial charge in [-0.05, 0) is 23.4 Å². The molecule has 0 aliphatic carbocycles. The number of phenolic OH excluding ortho intramolecular Hbond substituents is 1. The third-order valence-electron chi connectivity index (χ3n) is 2.04. The lowest BCUT2D eigenvalue weighted by Gasteiger charge is -2.04. The summed E-state index contributed by atoms with van der Waals surface area (Å²) in [5, 5.41) is 34.4. The molecule has 0 bridgehead atoms. The number of allylic oxidation sites excluding steroid dienone is 1. The number of benzene rings is 1. The van der Waals surface area contributed by atoms with Gasteiger partial charge in [0.1, 0.15) is 17.4 Å². The first-order chi connectivity index (χ1) is 8.70. The molecule has 0 unspecified atom stereocenters. The molecule has 0 aliphatic rings. The maximum atomic E-state index is 9.65. The summed E-state index contributed by atoms with van der Waals surface area (Å²) in [4.78, 5) is 0. The first-order valence-corrected chi connectivity index (χ1v) is 5.59. The predicted octanol–water partition coefficient (Wildman–Crippen LogP) is 1.64. The molecule has 2 aromatic rings. The number of aromatic nitrogens is 4. The Hall–Kier alpha value is -2.40. The van der Waals surface area contributed by atoms with Crippen LogP contribution in [0.25, 0.3) is 5.57 Å². The highest BCUT2D eigenvalue weighted by molar-refractivity contribution is 9.10. The van der Waals surface area contributed by atoms with E-state index in [9.17, 15) is 5.11 Å². The van der Waals surface area contributed by atoms with Crippen molar-refractivity contribution >= 4 is 27.2 Å². The Morgan fingerprint density at radius 2 is 2.39 bits per heavy atom. The molecule has 8 heteroatoms. The van der Waals surface area contributed by atoms with Gasteiger partial charge in [-0.3, -0.25) is 0 Å². The molecular formula is C10H7BrN6O. The molecule has 18 heavy (non-hydrogen) atoms. The Morgan fingerprint density at radius 3 is 3.00 bits per heavy atom. The molecule has 1 heterocycles. The summed E-state index contributed by atoms with van der Waals surface area (Å²) in [6.07, 6.45) is 1.40. The van der Waals surface area contributed by atoms with Gasteiger partial charge in [-0.15, -0.1) is 10.2 Å². The first-order valence-electron chi connectivity index (χ1n) is 4.80. The molecule has 0 fully saturated rings. The predicted molar refractivity (Wildman–Crippen MR) is 67.2 cm³/mol. The molecule has 1 aromatic heterocycles. The van der Waals surface area contributed by atoms with Crippen LogP contribution in [0.2, 0.25) is 0 Å². The molecule has 0 saturated heterocycles. The normalized spacial score (nSPS) is 11.0. The summed E-state index contributed by atoms with van der Waals surface area (Å²) in [5.41, 5.74) is 0.667. The third-order valence-corrected chi connectivity index (χ3v) is 2.53. The monoisotopic (exact) mass is 306 g/mol. The van der Waals surface area contributed by atoms with Crippen molar-refractivity contribution < 1.29 is 5.11 Å². The number of nitriles is 1. The topological polar surface area (TPSA) is 111 Å². The van der Waals surface area contributed by atoms with Crippen LogP contribution in [0, 0.1) is 11.3 Å². The van der Waals surface area contributed by atoms with Crippen LogP contribution in [-0.4, -0.2) is 25.7 Å². The van der Waals surface area contributed by atoms with Crippen molar-refractivity contribution in [3.63, 3.8) is 0 Å². The van der Waals surface area contributed by atoms with Crippen LogP contribution in [-0.2, 0) is 0 Å². The summed E-state index contributed by atoms with van der Waals surface area (Å²) < 4.78 is 0.758. The van der Waals surface area contributed by atoms with E-state index < -0.39 is 0 Å². The fourth-order valence-corrected chi connectivity index (χ4v) is 1.55. The molecule has 90 valence electrons. The summed E-state index contributed by atoms with van der Waals surface area (Å²) >= 11 is 3.23. The Balaban J connectivity index is 2.22. The SMILES string of the molecule is N#CC(=CNc1ccc(Br)cc1O)c1nn[nH]n1. The van der Waals surface area contributed by atoms with Crippen LogP contribution >= 0.6 is 15.9 Å². The number of hydrogen-bond acceptors (Lipinski definition) is 6. The van der Waals surface area contributed by atoms with E-state index in [1.807, 2.05) is 6.07 Å². The second-order valence-corrected chi connectivity index (χ2v) is 4.13. The van der Waals surface area contributed by atoms with E-state index >= 15 is 0 Å². The molecule has 0 amide bonds. The van der Waals surface area contributed by atoms with Crippen molar-refractivity contribution in [1.82, 2.24) is 20.6 Å². The highest BCUT2D eigenvalue weighted by Gasteiger charge is 2.06. The van der Waals surface area contributed by atoms with Crippen LogP contribution in [0.5, 0.6) is 5.75 Å². The fraction of sp³-hybridized carbons (Fsp3) is 0. The molecule has 0 aliphatic heterocycles. The Labute approximate surface area is 110 Å². The third kappa shape index (κ3) is 2.64. The van der Waals surface area contributed by atoms with Crippen LogP contribution in [0.4, 0.5) is 5.69 Å². The minimum atomic E-state index is 0.0611. The van der Waals surface area contributed by atoms with Crippen molar-refractivity contribution in [3.05, 3.63) is 34.7 Å². The summed E-state index contributed by atoms with van der Waals surface area (Å²) in [6, 6.07) is 6.89. The van der Waals surface area contributed by atoms with E-state index in [1.165, 1.54) is 12.3 Å². The largest absolute Gasteiger partial charge is 0.506 e. The van der Waals surface area contributed by atoms with Crippen molar-refractivity contribution in [1.29, 1.82) is 5.26 Å². The summed E-state index contributed by atoms with van der Waals surface area (Å²) in [7, 11) is 0. The number of aromatic amines is 1. The van der Waals surface area contributed by atoms with Crippen molar-refractivity contribution in [3.8, 4) is 11.8 Å². The van der Waals surface area contributed by atoms with Crippen LogP contribution in [0.1, 0.15) is 5.82 Å². The van der Waals surface area contributed by atoms with Gasteiger partial charge in [-0.2, -0.15) is 10.5 Å².